The van der Waals surface area contributed by atoms with Gasteiger partial charge in [-0.3, -0.25) is 9.59 Å². The Balaban J connectivity index is 1.76. The van der Waals surface area contributed by atoms with Gasteiger partial charge < -0.3 is 15.0 Å². The number of hydrogen-bond acceptors (Lipinski definition) is 4. The van der Waals surface area contributed by atoms with Crippen LogP contribution in [0.4, 0.5) is 0 Å². The van der Waals surface area contributed by atoms with E-state index in [1.165, 1.54) is 0 Å². The molecule has 6 heteroatoms. The first-order chi connectivity index (χ1) is 10.6. The summed E-state index contributed by atoms with van der Waals surface area (Å²) in [5.74, 6) is 1.16. The van der Waals surface area contributed by atoms with E-state index in [9.17, 15) is 9.59 Å². The number of methoxy groups -OCH3 is 1. The van der Waals surface area contributed by atoms with Crippen molar-refractivity contribution in [3.05, 3.63) is 29.8 Å². The molecule has 1 heterocycles. The Morgan fingerprint density at radius 1 is 1.36 bits per heavy atom. The van der Waals surface area contributed by atoms with Gasteiger partial charge in [-0.2, -0.15) is 0 Å². The molecule has 1 aromatic rings. The maximum atomic E-state index is 12.3. The van der Waals surface area contributed by atoms with Crippen molar-refractivity contribution >= 4 is 23.6 Å². The van der Waals surface area contributed by atoms with Gasteiger partial charge in [0.2, 0.25) is 11.8 Å². The lowest BCUT2D eigenvalue weighted by atomic mass is 10.1. The number of amides is 2. The first-order valence-corrected chi connectivity index (χ1v) is 8.52. The molecule has 0 radical (unpaired) electrons. The van der Waals surface area contributed by atoms with Crippen LogP contribution in [0.25, 0.3) is 0 Å². The standard InChI is InChI=1S/C16H20N2O3S/c1-10(15(20)17-12-5-6-12)18-14(19)9-22-16(18)11-3-7-13(21-2)8-4-11/h3-4,7-8,10,12,16H,5-6,9H2,1-2H3,(H,17,20)/t10-,16+/m0/s1. The molecule has 2 atom stereocenters. The summed E-state index contributed by atoms with van der Waals surface area (Å²) in [6, 6.07) is 7.52. The van der Waals surface area contributed by atoms with Crippen LogP contribution in [0.1, 0.15) is 30.7 Å². The second kappa shape index (κ2) is 6.20. The van der Waals surface area contributed by atoms with Crippen molar-refractivity contribution in [1.82, 2.24) is 10.2 Å². The molecule has 0 aromatic heterocycles. The highest BCUT2D eigenvalue weighted by molar-refractivity contribution is 8.00. The van der Waals surface area contributed by atoms with Crippen LogP contribution in [0, 0.1) is 0 Å². The summed E-state index contributed by atoms with van der Waals surface area (Å²) >= 11 is 1.56. The minimum Gasteiger partial charge on any atom is -0.497 e. The van der Waals surface area contributed by atoms with E-state index in [2.05, 4.69) is 5.32 Å². The predicted octanol–water partition coefficient (Wildman–Crippen LogP) is 1.94. The second-order valence-electron chi connectivity index (χ2n) is 5.70. The Morgan fingerprint density at radius 2 is 2.05 bits per heavy atom. The Labute approximate surface area is 134 Å². The molecular weight excluding hydrogens is 300 g/mol. The molecule has 2 amide bonds. The molecule has 1 aliphatic heterocycles. The molecule has 1 saturated heterocycles. The maximum Gasteiger partial charge on any atom is 0.242 e. The minimum absolute atomic E-state index is 0.0178. The van der Waals surface area contributed by atoms with Crippen LogP contribution in [-0.4, -0.2) is 41.7 Å². The average Bonchev–Trinajstić information content (AvgIpc) is 3.26. The lowest BCUT2D eigenvalue weighted by Crippen LogP contribution is -2.47. The molecule has 5 nitrogen and oxygen atoms in total. The van der Waals surface area contributed by atoms with E-state index in [1.54, 1.807) is 30.7 Å². The highest BCUT2D eigenvalue weighted by Crippen LogP contribution is 2.40. The SMILES string of the molecule is COc1ccc([C@H]2SCC(=O)N2[C@@H](C)C(=O)NC2CC2)cc1. The summed E-state index contributed by atoms with van der Waals surface area (Å²) < 4.78 is 5.16. The minimum atomic E-state index is -0.449. The van der Waals surface area contributed by atoms with E-state index >= 15 is 0 Å². The van der Waals surface area contributed by atoms with Gasteiger partial charge in [0.05, 0.1) is 12.9 Å². The number of nitrogens with zero attached hydrogens (tertiary/aromatic N) is 1. The third kappa shape index (κ3) is 3.06. The number of thioether (sulfide) groups is 1. The fourth-order valence-electron chi connectivity index (χ4n) is 2.56. The summed E-state index contributed by atoms with van der Waals surface area (Å²) in [6.07, 6.45) is 2.09. The first kappa shape index (κ1) is 15.2. The average molecular weight is 320 g/mol. The zero-order valence-electron chi connectivity index (χ0n) is 12.7. The van der Waals surface area contributed by atoms with Crippen molar-refractivity contribution in [2.24, 2.45) is 0 Å². The molecule has 3 rings (SSSR count). The third-order valence-corrected chi connectivity index (χ3v) is 5.26. The Kier molecular flexibility index (Phi) is 4.29. The number of rotatable bonds is 5. The van der Waals surface area contributed by atoms with Crippen LogP contribution in [0.15, 0.2) is 24.3 Å². The Morgan fingerprint density at radius 3 is 2.64 bits per heavy atom. The van der Waals surface area contributed by atoms with E-state index in [1.807, 2.05) is 24.3 Å². The molecule has 1 aliphatic carbocycles. The summed E-state index contributed by atoms with van der Waals surface area (Å²) in [5, 5.41) is 2.87. The molecule has 1 N–H and O–H groups in total. The van der Waals surface area contributed by atoms with Crippen molar-refractivity contribution in [3.8, 4) is 5.75 Å². The van der Waals surface area contributed by atoms with Crippen LogP contribution in [-0.2, 0) is 9.59 Å². The zero-order valence-corrected chi connectivity index (χ0v) is 13.6. The molecule has 0 unspecified atom stereocenters. The summed E-state index contributed by atoms with van der Waals surface area (Å²) in [6.45, 7) is 1.80. The Bertz CT molecular complexity index is 571. The lowest BCUT2D eigenvalue weighted by molar-refractivity contribution is -0.137. The smallest absolute Gasteiger partial charge is 0.242 e. The van der Waals surface area contributed by atoms with Crippen LogP contribution < -0.4 is 10.1 Å². The highest BCUT2D eigenvalue weighted by Gasteiger charge is 2.39. The molecule has 0 bridgehead atoms. The number of nitrogens with one attached hydrogen (secondary N) is 1. The first-order valence-electron chi connectivity index (χ1n) is 7.47. The fraction of sp³-hybridized carbons (Fsp3) is 0.500. The highest BCUT2D eigenvalue weighted by atomic mass is 32.2. The van der Waals surface area contributed by atoms with Crippen LogP contribution in [0.2, 0.25) is 0 Å². The van der Waals surface area contributed by atoms with E-state index in [0.717, 1.165) is 24.2 Å². The van der Waals surface area contributed by atoms with Crippen molar-refractivity contribution in [2.75, 3.05) is 12.9 Å². The van der Waals surface area contributed by atoms with Crippen LogP contribution in [0.3, 0.4) is 0 Å². The summed E-state index contributed by atoms with van der Waals surface area (Å²) in [5.41, 5.74) is 1.02. The van der Waals surface area contributed by atoms with E-state index in [-0.39, 0.29) is 17.2 Å². The molecule has 1 aromatic carbocycles. The zero-order chi connectivity index (χ0) is 15.7. The molecule has 2 fully saturated rings. The Hall–Kier alpha value is -1.69. The van der Waals surface area contributed by atoms with Crippen molar-refractivity contribution in [3.63, 3.8) is 0 Å². The summed E-state index contributed by atoms with van der Waals surface area (Å²) in [7, 11) is 1.62. The maximum absolute atomic E-state index is 12.3. The van der Waals surface area contributed by atoms with Gasteiger partial charge in [-0.25, -0.2) is 0 Å². The van der Waals surface area contributed by atoms with Gasteiger partial charge in [0, 0.05) is 6.04 Å². The van der Waals surface area contributed by atoms with E-state index in [0.29, 0.717) is 11.8 Å². The molecule has 118 valence electrons. The van der Waals surface area contributed by atoms with Gasteiger partial charge in [0.1, 0.15) is 17.2 Å². The van der Waals surface area contributed by atoms with Gasteiger partial charge >= 0.3 is 0 Å². The summed E-state index contributed by atoms with van der Waals surface area (Å²) in [4.78, 5) is 26.2. The lowest BCUT2D eigenvalue weighted by Gasteiger charge is -2.29. The predicted molar refractivity (Wildman–Crippen MR) is 85.7 cm³/mol. The van der Waals surface area contributed by atoms with Crippen LogP contribution in [0.5, 0.6) is 5.75 Å². The normalized spacial score (nSPS) is 22.5. The van der Waals surface area contributed by atoms with Gasteiger partial charge in [-0.05, 0) is 37.5 Å². The number of hydrogen-bond donors (Lipinski definition) is 1. The molecule has 22 heavy (non-hydrogen) atoms. The van der Waals surface area contributed by atoms with Gasteiger partial charge in [0.15, 0.2) is 0 Å². The van der Waals surface area contributed by atoms with Gasteiger partial charge in [-0.15, -0.1) is 11.8 Å². The van der Waals surface area contributed by atoms with Crippen molar-refractivity contribution in [2.45, 2.75) is 37.2 Å². The topological polar surface area (TPSA) is 58.6 Å². The van der Waals surface area contributed by atoms with Gasteiger partial charge in [-0.1, -0.05) is 12.1 Å². The van der Waals surface area contributed by atoms with E-state index < -0.39 is 6.04 Å². The van der Waals surface area contributed by atoms with Crippen molar-refractivity contribution < 1.29 is 14.3 Å². The number of carbonyl (C=O) groups is 2. The molecule has 0 spiro atoms. The molecule has 1 saturated carbocycles. The van der Waals surface area contributed by atoms with E-state index in [4.69, 9.17) is 4.74 Å². The second-order valence-corrected chi connectivity index (χ2v) is 6.76. The quantitative estimate of drug-likeness (QED) is 0.901. The number of carbonyl (C=O) groups excluding carboxylic acids is 2. The fourth-order valence-corrected chi connectivity index (χ4v) is 3.82. The molecular formula is C16H20N2O3S. The van der Waals surface area contributed by atoms with Crippen LogP contribution >= 0.6 is 11.8 Å². The molecule has 2 aliphatic rings. The third-order valence-electron chi connectivity index (χ3n) is 4.03. The largest absolute Gasteiger partial charge is 0.497 e. The van der Waals surface area contributed by atoms with Gasteiger partial charge in [0.25, 0.3) is 0 Å². The number of benzene rings is 1. The van der Waals surface area contributed by atoms with Crippen molar-refractivity contribution in [1.29, 1.82) is 0 Å². The number of ether oxygens (including phenoxy) is 1. The monoisotopic (exact) mass is 320 g/mol.